The zero-order valence-electron chi connectivity index (χ0n) is 9.62. The van der Waals surface area contributed by atoms with Gasteiger partial charge in [0.15, 0.2) is 0 Å². The highest BCUT2D eigenvalue weighted by Crippen LogP contribution is 2.11. The van der Waals surface area contributed by atoms with Crippen molar-refractivity contribution >= 4 is 10.9 Å². The van der Waals surface area contributed by atoms with E-state index in [1.165, 1.54) is 12.8 Å². The minimum absolute atomic E-state index is 0.0646. The van der Waals surface area contributed by atoms with E-state index in [4.69, 9.17) is 0 Å². The average molecular weight is 215 g/mol. The van der Waals surface area contributed by atoms with E-state index in [2.05, 4.69) is 11.9 Å². The summed E-state index contributed by atoms with van der Waals surface area (Å²) >= 11 is 0. The topological polar surface area (TPSA) is 32.9 Å². The molecule has 1 heterocycles. The molecule has 2 aromatic rings. The summed E-state index contributed by atoms with van der Waals surface area (Å²) in [6.45, 7) is 2.17. The van der Waals surface area contributed by atoms with Gasteiger partial charge in [0, 0.05) is 11.1 Å². The van der Waals surface area contributed by atoms with Gasteiger partial charge in [-0.1, -0.05) is 38.0 Å². The van der Waals surface area contributed by atoms with Crippen LogP contribution in [-0.2, 0) is 6.42 Å². The fraction of sp³-hybridized carbons (Fsp3) is 0.357. The molecule has 0 aliphatic carbocycles. The molecule has 1 N–H and O–H groups in total. The number of pyridine rings is 1. The Hall–Kier alpha value is -1.57. The zero-order valence-corrected chi connectivity index (χ0v) is 9.62. The second-order valence-corrected chi connectivity index (χ2v) is 4.17. The first-order valence-electron chi connectivity index (χ1n) is 5.92. The lowest BCUT2D eigenvalue weighted by molar-refractivity contribution is 0.714. The van der Waals surface area contributed by atoms with Crippen molar-refractivity contribution in [3.63, 3.8) is 0 Å². The van der Waals surface area contributed by atoms with Crippen LogP contribution < -0.4 is 5.56 Å². The lowest BCUT2D eigenvalue weighted by Crippen LogP contribution is -2.12. The Kier molecular flexibility index (Phi) is 3.40. The van der Waals surface area contributed by atoms with Gasteiger partial charge in [-0.2, -0.15) is 0 Å². The van der Waals surface area contributed by atoms with Crippen LogP contribution in [0, 0.1) is 0 Å². The third-order valence-corrected chi connectivity index (χ3v) is 2.88. The lowest BCUT2D eigenvalue weighted by atomic mass is 10.1. The van der Waals surface area contributed by atoms with E-state index >= 15 is 0 Å². The number of hydrogen-bond donors (Lipinski definition) is 1. The van der Waals surface area contributed by atoms with Gasteiger partial charge in [-0.15, -0.1) is 0 Å². The molecular formula is C14H17NO. The largest absolute Gasteiger partial charge is 0.322 e. The highest BCUT2D eigenvalue weighted by molar-refractivity contribution is 5.78. The second kappa shape index (κ2) is 4.97. The molecule has 0 atom stereocenters. The molecule has 0 unspecified atom stereocenters. The molecule has 1 aromatic heterocycles. The molecule has 84 valence electrons. The molecular weight excluding hydrogens is 198 g/mol. The minimum atomic E-state index is 0.0646. The van der Waals surface area contributed by atoms with Crippen LogP contribution >= 0.6 is 0 Å². The number of rotatable bonds is 4. The third kappa shape index (κ3) is 2.32. The molecule has 0 amide bonds. The zero-order chi connectivity index (χ0) is 11.4. The summed E-state index contributed by atoms with van der Waals surface area (Å²) in [6, 6.07) is 9.93. The van der Waals surface area contributed by atoms with Gasteiger partial charge in [0.25, 0.3) is 5.56 Å². The van der Waals surface area contributed by atoms with Crippen LogP contribution in [0.1, 0.15) is 31.7 Å². The van der Waals surface area contributed by atoms with Crippen molar-refractivity contribution in [3.8, 4) is 0 Å². The number of aryl methyl sites for hydroxylation is 1. The van der Waals surface area contributed by atoms with Crippen molar-refractivity contribution in [2.75, 3.05) is 0 Å². The molecule has 0 aliphatic rings. The average Bonchev–Trinajstić information content (AvgIpc) is 2.30. The molecule has 0 saturated carbocycles. The first-order valence-corrected chi connectivity index (χ1v) is 5.92. The van der Waals surface area contributed by atoms with Crippen LogP contribution in [0.5, 0.6) is 0 Å². The summed E-state index contributed by atoms with van der Waals surface area (Å²) < 4.78 is 0. The molecule has 0 spiro atoms. The minimum Gasteiger partial charge on any atom is -0.322 e. The Bertz CT molecular complexity index is 527. The first-order chi connectivity index (χ1) is 7.81. The number of unbranched alkanes of at least 4 members (excludes halogenated alkanes) is 2. The molecule has 2 nitrogen and oxygen atoms in total. The number of hydrogen-bond acceptors (Lipinski definition) is 1. The number of para-hydroxylation sites is 1. The van der Waals surface area contributed by atoms with Gasteiger partial charge in [-0.25, -0.2) is 0 Å². The van der Waals surface area contributed by atoms with Crippen LogP contribution in [0.2, 0.25) is 0 Å². The summed E-state index contributed by atoms with van der Waals surface area (Å²) in [5.74, 6) is 0. The second-order valence-electron chi connectivity index (χ2n) is 4.17. The highest BCUT2D eigenvalue weighted by atomic mass is 16.1. The van der Waals surface area contributed by atoms with Crippen molar-refractivity contribution in [2.45, 2.75) is 32.6 Å². The van der Waals surface area contributed by atoms with Crippen LogP contribution in [0.25, 0.3) is 10.9 Å². The first kappa shape index (κ1) is 10.9. The number of fused-ring (bicyclic) bond motifs is 1. The number of H-pyrrole nitrogens is 1. The van der Waals surface area contributed by atoms with Gasteiger partial charge < -0.3 is 4.98 Å². The molecule has 2 heteroatoms. The molecule has 0 saturated heterocycles. The van der Waals surface area contributed by atoms with Gasteiger partial charge in [-0.05, 0) is 30.4 Å². The maximum Gasteiger partial charge on any atom is 0.251 e. The third-order valence-electron chi connectivity index (χ3n) is 2.88. The van der Waals surface area contributed by atoms with Gasteiger partial charge in [0.2, 0.25) is 0 Å². The van der Waals surface area contributed by atoms with Crippen molar-refractivity contribution in [3.05, 3.63) is 46.2 Å². The standard InChI is InChI=1S/C14H17NO/c1-2-3-4-8-12-10-11-7-5-6-9-13(11)15-14(12)16/h5-7,9-10H,2-4,8H2,1H3,(H,15,16). The quantitative estimate of drug-likeness (QED) is 0.780. The van der Waals surface area contributed by atoms with E-state index in [-0.39, 0.29) is 5.56 Å². The molecule has 2 rings (SSSR count). The summed E-state index contributed by atoms with van der Waals surface area (Å²) in [6.07, 6.45) is 4.35. The van der Waals surface area contributed by atoms with E-state index < -0.39 is 0 Å². The van der Waals surface area contributed by atoms with E-state index in [1.54, 1.807) is 0 Å². The van der Waals surface area contributed by atoms with Crippen LogP contribution in [0.4, 0.5) is 0 Å². The fourth-order valence-corrected chi connectivity index (χ4v) is 1.94. The summed E-state index contributed by atoms with van der Waals surface area (Å²) in [5.41, 5.74) is 1.90. The maximum atomic E-state index is 11.8. The Morgan fingerprint density at radius 1 is 1.19 bits per heavy atom. The molecule has 0 radical (unpaired) electrons. The Labute approximate surface area is 95.3 Å². The van der Waals surface area contributed by atoms with Crippen LogP contribution in [0.15, 0.2) is 35.1 Å². The smallest absolute Gasteiger partial charge is 0.251 e. The summed E-state index contributed by atoms with van der Waals surface area (Å²) in [4.78, 5) is 14.7. The Balaban J connectivity index is 2.31. The summed E-state index contributed by atoms with van der Waals surface area (Å²) in [5, 5.41) is 1.12. The Morgan fingerprint density at radius 3 is 2.81 bits per heavy atom. The van der Waals surface area contributed by atoms with Crippen molar-refractivity contribution in [1.82, 2.24) is 4.98 Å². The Morgan fingerprint density at radius 2 is 2.00 bits per heavy atom. The molecule has 1 aromatic carbocycles. The van der Waals surface area contributed by atoms with Crippen LogP contribution in [0.3, 0.4) is 0 Å². The van der Waals surface area contributed by atoms with Crippen molar-refractivity contribution in [2.24, 2.45) is 0 Å². The summed E-state index contributed by atoms with van der Waals surface area (Å²) in [7, 11) is 0. The predicted octanol–water partition coefficient (Wildman–Crippen LogP) is 3.26. The van der Waals surface area contributed by atoms with Gasteiger partial charge in [0.1, 0.15) is 0 Å². The van der Waals surface area contributed by atoms with E-state index in [0.29, 0.717) is 0 Å². The number of aromatic amines is 1. The van der Waals surface area contributed by atoms with Crippen LogP contribution in [-0.4, -0.2) is 4.98 Å². The number of aromatic nitrogens is 1. The van der Waals surface area contributed by atoms with Gasteiger partial charge in [-0.3, -0.25) is 4.79 Å². The van der Waals surface area contributed by atoms with Crippen molar-refractivity contribution < 1.29 is 0 Å². The molecule has 0 fully saturated rings. The maximum absolute atomic E-state index is 11.8. The van der Waals surface area contributed by atoms with Gasteiger partial charge in [0.05, 0.1) is 0 Å². The lowest BCUT2D eigenvalue weighted by Gasteiger charge is -2.02. The number of nitrogens with one attached hydrogen (secondary N) is 1. The van der Waals surface area contributed by atoms with Gasteiger partial charge >= 0.3 is 0 Å². The fourth-order valence-electron chi connectivity index (χ4n) is 1.94. The van der Waals surface area contributed by atoms with Crippen molar-refractivity contribution in [1.29, 1.82) is 0 Å². The van der Waals surface area contributed by atoms with E-state index in [0.717, 1.165) is 29.3 Å². The molecule has 0 aliphatic heterocycles. The SMILES string of the molecule is CCCCCc1cc2ccccc2[nH]c1=O. The normalized spacial score (nSPS) is 10.8. The predicted molar refractivity (Wildman–Crippen MR) is 67.8 cm³/mol. The number of benzene rings is 1. The molecule has 0 bridgehead atoms. The highest BCUT2D eigenvalue weighted by Gasteiger charge is 2.01. The van der Waals surface area contributed by atoms with E-state index in [9.17, 15) is 4.79 Å². The monoisotopic (exact) mass is 215 g/mol. The van der Waals surface area contributed by atoms with E-state index in [1.807, 2.05) is 30.3 Å². The molecule has 16 heavy (non-hydrogen) atoms.